The van der Waals surface area contributed by atoms with E-state index in [0.29, 0.717) is 10.6 Å². The number of para-hydroxylation sites is 1. The van der Waals surface area contributed by atoms with E-state index < -0.39 is 0 Å². The predicted octanol–water partition coefficient (Wildman–Crippen LogP) is 3.46. The quantitative estimate of drug-likeness (QED) is 0.879. The molecule has 0 bridgehead atoms. The summed E-state index contributed by atoms with van der Waals surface area (Å²) in [6.45, 7) is 0. The van der Waals surface area contributed by atoms with E-state index in [2.05, 4.69) is 5.32 Å². The van der Waals surface area contributed by atoms with Gasteiger partial charge in [-0.1, -0.05) is 18.2 Å². The monoisotopic (exact) mass is 272 g/mol. The van der Waals surface area contributed by atoms with Gasteiger partial charge in [-0.15, -0.1) is 11.3 Å². The van der Waals surface area contributed by atoms with Gasteiger partial charge in [-0.05, 0) is 43.4 Å². The van der Waals surface area contributed by atoms with E-state index >= 15 is 0 Å². The van der Waals surface area contributed by atoms with E-state index in [1.807, 2.05) is 30.3 Å². The molecule has 19 heavy (non-hydrogen) atoms. The van der Waals surface area contributed by atoms with Crippen LogP contribution in [0.25, 0.3) is 0 Å². The molecule has 1 aromatic carbocycles. The highest BCUT2D eigenvalue weighted by Crippen LogP contribution is 2.36. The molecule has 0 saturated carbocycles. The summed E-state index contributed by atoms with van der Waals surface area (Å²) in [6, 6.07) is 9.50. The maximum absolute atomic E-state index is 12.4. The van der Waals surface area contributed by atoms with E-state index in [-0.39, 0.29) is 5.91 Å². The van der Waals surface area contributed by atoms with Crippen LogP contribution in [0.2, 0.25) is 0 Å². The van der Waals surface area contributed by atoms with E-state index in [1.54, 1.807) is 11.3 Å². The number of thiophene rings is 1. The van der Waals surface area contributed by atoms with Crippen LogP contribution < -0.4 is 11.1 Å². The number of carbonyl (C=O) groups is 1. The van der Waals surface area contributed by atoms with Crippen molar-refractivity contribution in [1.82, 2.24) is 0 Å². The highest BCUT2D eigenvalue weighted by Gasteiger charge is 2.23. The molecule has 0 aliphatic heterocycles. The third-order valence-corrected chi connectivity index (χ3v) is 4.58. The van der Waals surface area contributed by atoms with Crippen LogP contribution in [-0.2, 0) is 12.8 Å². The van der Waals surface area contributed by atoms with Crippen molar-refractivity contribution in [2.24, 2.45) is 0 Å². The van der Waals surface area contributed by atoms with Gasteiger partial charge in [0.25, 0.3) is 5.91 Å². The molecule has 1 aliphatic carbocycles. The van der Waals surface area contributed by atoms with Gasteiger partial charge in [-0.2, -0.15) is 0 Å². The number of nitrogens with one attached hydrogen (secondary N) is 1. The van der Waals surface area contributed by atoms with E-state index in [0.717, 1.165) is 24.9 Å². The van der Waals surface area contributed by atoms with E-state index in [4.69, 9.17) is 5.73 Å². The molecule has 0 atom stereocenters. The average Bonchev–Trinajstić information content (AvgIpc) is 2.75. The van der Waals surface area contributed by atoms with Gasteiger partial charge in [0.2, 0.25) is 0 Å². The summed E-state index contributed by atoms with van der Waals surface area (Å²) in [5.74, 6) is -0.0805. The zero-order chi connectivity index (χ0) is 13.2. The number of fused-ring (bicyclic) bond motifs is 1. The Kier molecular flexibility index (Phi) is 3.25. The van der Waals surface area contributed by atoms with Crippen molar-refractivity contribution in [3.63, 3.8) is 0 Å². The maximum atomic E-state index is 12.4. The molecule has 0 saturated heterocycles. The average molecular weight is 272 g/mol. The Morgan fingerprint density at radius 1 is 1.16 bits per heavy atom. The van der Waals surface area contributed by atoms with Crippen LogP contribution >= 0.6 is 11.3 Å². The summed E-state index contributed by atoms with van der Waals surface area (Å²) in [6.07, 6.45) is 4.38. The minimum absolute atomic E-state index is 0.0805. The number of nitrogens with two attached hydrogens (primary N) is 1. The summed E-state index contributed by atoms with van der Waals surface area (Å²) in [4.78, 5) is 13.7. The maximum Gasteiger partial charge on any atom is 0.258 e. The molecule has 0 fully saturated rings. The third-order valence-electron chi connectivity index (χ3n) is 3.46. The Morgan fingerprint density at radius 3 is 2.68 bits per heavy atom. The fourth-order valence-corrected chi connectivity index (χ4v) is 3.71. The number of benzene rings is 1. The molecule has 0 radical (unpaired) electrons. The molecule has 3 rings (SSSR count). The number of aryl methyl sites for hydroxylation is 1. The first-order valence-electron chi connectivity index (χ1n) is 6.52. The second kappa shape index (κ2) is 5.05. The second-order valence-corrected chi connectivity index (χ2v) is 5.91. The lowest BCUT2D eigenvalue weighted by atomic mass is 9.95. The Bertz CT molecular complexity index is 604. The fraction of sp³-hybridized carbons (Fsp3) is 0.267. The molecular formula is C15H16N2OS. The van der Waals surface area contributed by atoms with Gasteiger partial charge in [0, 0.05) is 10.6 Å². The van der Waals surface area contributed by atoms with Gasteiger partial charge in [0.05, 0.1) is 10.6 Å². The van der Waals surface area contributed by atoms with E-state index in [9.17, 15) is 4.79 Å². The van der Waals surface area contributed by atoms with Crippen LogP contribution in [0.5, 0.6) is 0 Å². The number of rotatable bonds is 2. The molecule has 0 spiro atoms. The number of carbonyl (C=O) groups excluding carboxylic acids is 1. The van der Waals surface area contributed by atoms with Crippen molar-refractivity contribution < 1.29 is 4.79 Å². The third kappa shape index (κ3) is 2.36. The molecule has 2 aromatic rings. The normalized spacial score (nSPS) is 13.9. The first-order valence-corrected chi connectivity index (χ1v) is 7.34. The second-order valence-electron chi connectivity index (χ2n) is 4.77. The fourth-order valence-electron chi connectivity index (χ4n) is 2.55. The lowest BCUT2D eigenvalue weighted by molar-refractivity contribution is 0.102. The van der Waals surface area contributed by atoms with Gasteiger partial charge in [-0.3, -0.25) is 4.79 Å². The number of anilines is 2. The zero-order valence-electron chi connectivity index (χ0n) is 10.6. The number of hydrogen-bond donors (Lipinski definition) is 2. The number of nitrogen functional groups attached to an aromatic ring is 1. The summed E-state index contributed by atoms with van der Waals surface area (Å²) in [7, 11) is 0. The SMILES string of the molecule is Nc1sc2c(c1C(=O)Nc1ccccc1)CCCC2. The zero-order valence-corrected chi connectivity index (χ0v) is 11.4. The Balaban J connectivity index is 1.90. The predicted molar refractivity (Wildman–Crippen MR) is 79.8 cm³/mol. The minimum atomic E-state index is -0.0805. The van der Waals surface area contributed by atoms with Crippen molar-refractivity contribution in [2.75, 3.05) is 11.1 Å². The van der Waals surface area contributed by atoms with Gasteiger partial charge < -0.3 is 11.1 Å². The van der Waals surface area contributed by atoms with Crippen LogP contribution in [0.3, 0.4) is 0 Å². The molecule has 1 amide bonds. The molecule has 3 nitrogen and oxygen atoms in total. The van der Waals surface area contributed by atoms with Crippen molar-refractivity contribution in [2.45, 2.75) is 25.7 Å². The van der Waals surface area contributed by atoms with Crippen molar-refractivity contribution in [1.29, 1.82) is 0 Å². The van der Waals surface area contributed by atoms with E-state index in [1.165, 1.54) is 16.9 Å². The smallest absolute Gasteiger partial charge is 0.258 e. The molecule has 4 heteroatoms. The van der Waals surface area contributed by atoms with Crippen molar-refractivity contribution in [3.05, 3.63) is 46.3 Å². The van der Waals surface area contributed by atoms with Crippen LogP contribution in [0.15, 0.2) is 30.3 Å². The van der Waals surface area contributed by atoms with Gasteiger partial charge in [0.15, 0.2) is 0 Å². The Morgan fingerprint density at radius 2 is 1.89 bits per heavy atom. The lowest BCUT2D eigenvalue weighted by Gasteiger charge is -2.12. The number of amides is 1. The van der Waals surface area contributed by atoms with Gasteiger partial charge in [0.1, 0.15) is 0 Å². The molecule has 1 aliphatic rings. The standard InChI is InChI=1S/C15H16N2OS/c16-14-13(11-8-4-5-9-12(11)19-14)15(18)17-10-6-2-1-3-7-10/h1-3,6-7H,4-5,8-9,16H2,(H,17,18). The molecule has 1 aromatic heterocycles. The number of hydrogen-bond acceptors (Lipinski definition) is 3. The van der Waals surface area contributed by atoms with Gasteiger partial charge >= 0.3 is 0 Å². The molecule has 3 N–H and O–H groups in total. The molecule has 98 valence electrons. The topological polar surface area (TPSA) is 55.1 Å². The first-order chi connectivity index (χ1) is 9.25. The van der Waals surface area contributed by atoms with Gasteiger partial charge in [-0.25, -0.2) is 0 Å². The van der Waals surface area contributed by atoms with Crippen molar-refractivity contribution in [3.8, 4) is 0 Å². The summed E-state index contributed by atoms with van der Waals surface area (Å²) in [5.41, 5.74) is 8.71. The van der Waals surface area contributed by atoms with Crippen LogP contribution in [0, 0.1) is 0 Å². The largest absolute Gasteiger partial charge is 0.390 e. The highest BCUT2D eigenvalue weighted by atomic mass is 32.1. The molecule has 1 heterocycles. The van der Waals surface area contributed by atoms with Crippen LogP contribution in [-0.4, -0.2) is 5.91 Å². The molecule has 0 unspecified atom stereocenters. The minimum Gasteiger partial charge on any atom is -0.390 e. The Labute approximate surface area is 116 Å². The summed E-state index contributed by atoms with van der Waals surface area (Å²) in [5, 5.41) is 3.58. The summed E-state index contributed by atoms with van der Waals surface area (Å²) >= 11 is 1.57. The molecular weight excluding hydrogens is 256 g/mol. The Hall–Kier alpha value is -1.81. The summed E-state index contributed by atoms with van der Waals surface area (Å²) < 4.78 is 0. The highest BCUT2D eigenvalue weighted by molar-refractivity contribution is 7.16. The van der Waals surface area contributed by atoms with Crippen molar-refractivity contribution >= 4 is 27.9 Å². The van der Waals surface area contributed by atoms with Crippen LogP contribution in [0.1, 0.15) is 33.6 Å². The first kappa shape index (κ1) is 12.2. The lowest BCUT2D eigenvalue weighted by Crippen LogP contribution is -2.15. The van der Waals surface area contributed by atoms with Crippen LogP contribution in [0.4, 0.5) is 10.7 Å².